The lowest BCUT2D eigenvalue weighted by Gasteiger charge is -2.21. The van der Waals surface area contributed by atoms with Gasteiger partial charge in [0.05, 0.1) is 12.3 Å². The Balaban J connectivity index is 2.85. The molecule has 1 aromatic heterocycles. The topological polar surface area (TPSA) is 74.9 Å². The predicted octanol–water partition coefficient (Wildman–Crippen LogP) is 1.31. The highest BCUT2D eigenvalue weighted by atomic mass is 16.5. The van der Waals surface area contributed by atoms with Crippen molar-refractivity contribution in [3.63, 3.8) is 0 Å². The monoisotopic (exact) mass is 312 g/mol. The zero-order valence-corrected chi connectivity index (χ0v) is 13.8. The molecule has 126 valence electrons. The lowest BCUT2D eigenvalue weighted by molar-refractivity contribution is 0.125. The van der Waals surface area contributed by atoms with Gasteiger partial charge in [0.1, 0.15) is 0 Å². The fourth-order valence-electron chi connectivity index (χ4n) is 2.28. The van der Waals surface area contributed by atoms with E-state index in [-0.39, 0.29) is 12.4 Å². The summed E-state index contributed by atoms with van der Waals surface area (Å²) in [5.74, 6) is -0.238. The van der Waals surface area contributed by atoms with E-state index in [1.807, 2.05) is 23.6 Å². The van der Waals surface area contributed by atoms with Crippen LogP contribution in [0.5, 0.6) is 5.75 Å². The van der Waals surface area contributed by atoms with E-state index in [0.29, 0.717) is 31.1 Å². The standard InChI is InChI=1S/C16H28N2O4/c1-4-5-8-22-9-6-7-18-13(12-19)10-15(20)16(21)14(18)11-17(2)3/h10,19,21H,4-9,11-12H2,1-3H3. The van der Waals surface area contributed by atoms with E-state index in [1.54, 1.807) is 0 Å². The Kier molecular flexibility index (Phi) is 8.16. The SMILES string of the molecule is CCCCOCCCn1c(CO)cc(=O)c(O)c1CN(C)C. The maximum Gasteiger partial charge on any atom is 0.223 e. The van der Waals surface area contributed by atoms with Crippen LogP contribution in [0.4, 0.5) is 0 Å². The van der Waals surface area contributed by atoms with Gasteiger partial charge in [-0.1, -0.05) is 13.3 Å². The summed E-state index contributed by atoms with van der Waals surface area (Å²) in [7, 11) is 3.74. The molecule has 1 rings (SSSR count). The Bertz CT molecular complexity index is 512. The molecule has 1 heterocycles. The molecule has 0 saturated carbocycles. The minimum absolute atomic E-state index is 0.230. The van der Waals surface area contributed by atoms with Crippen molar-refractivity contribution in [2.24, 2.45) is 0 Å². The van der Waals surface area contributed by atoms with Crippen LogP contribution in [-0.4, -0.2) is 47.0 Å². The maximum absolute atomic E-state index is 11.8. The van der Waals surface area contributed by atoms with E-state index >= 15 is 0 Å². The molecule has 6 nitrogen and oxygen atoms in total. The van der Waals surface area contributed by atoms with Crippen molar-refractivity contribution in [1.82, 2.24) is 9.47 Å². The van der Waals surface area contributed by atoms with Gasteiger partial charge < -0.3 is 24.4 Å². The number of aliphatic hydroxyl groups excluding tert-OH is 1. The highest BCUT2D eigenvalue weighted by Crippen LogP contribution is 2.17. The largest absolute Gasteiger partial charge is 0.503 e. The smallest absolute Gasteiger partial charge is 0.223 e. The van der Waals surface area contributed by atoms with E-state index in [2.05, 4.69) is 6.92 Å². The average molecular weight is 312 g/mol. The molecule has 0 fully saturated rings. The number of hydrogen-bond acceptors (Lipinski definition) is 5. The number of rotatable bonds is 10. The molecule has 0 aromatic carbocycles. The van der Waals surface area contributed by atoms with Crippen LogP contribution in [0.2, 0.25) is 0 Å². The number of unbranched alkanes of at least 4 members (excludes halogenated alkanes) is 1. The number of aromatic hydroxyl groups is 1. The van der Waals surface area contributed by atoms with E-state index in [1.165, 1.54) is 6.07 Å². The maximum atomic E-state index is 11.8. The van der Waals surface area contributed by atoms with Gasteiger partial charge in [-0.25, -0.2) is 0 Å². The number of nitrogens with zero attached hydrogens (tertiary/aromatic N) is 2. The quantitative estimate of drug-likeness (QED) is 0.637. The van der Waals surface area contributed by atoms with Crippen LogP contribution in [-0.2, 0) is 24.4 Å². The Morgan fingerprint density at radius 2 is 1.95 bits per heavy atom. The molecule has 2 N–H and O–H groups in total. The summed E-state index contributed by atoms with van der Waals surface area (Å²) in [6, 6.07) is 1.30. The molecule has 0 spiro atoms. The van der Waals surface area contributed by atoms with Crippen molar-refractivity contribution in [3.05, 3.63) is 27.7 Å². The van der Waals surface area contributed by atoms with Crippen LogP contribution >= 0.6 is 0 Å². The van der Waals surface area contributed by atoms with Crippen molar-refractivity contribution in [1.29, 1.82) is 0 Å². The highest BCUT2D eigenvalue weighted by Gasteiger charge is 2.15. The molecule has 0 atom stereocenters. The van der Waals surface area contributed by atoms with Crippen molar-refractivity contribution < 1.29 is 14.9 Å². The minimum Gasteiger partial charge on any atom is -0.503 e. The molecule has 22 heavy (non-hydrogen) atoms. The second-order valence-electron chi connectivity index (χ2n) is 5.66. The van der Waals surface area contributed by atoms with Gasteiger partial charge in [0, 0.05) is 38.1 Å². The third-order valence-corrected chi connectivity index (χ3v) is 3.42. The van der Waals surface area contributed by atoms with E-state index in [4.69, 9.17) is 4.74 Å². The molecule has 0 bridgehead atoms. The normalized spacial score (nSPS) is 11.3. The van der Waals surface area contributed by atoms with Crippen LogP contribution in [0.1, 0.15) is 37.6 Å². The second kappa shape index (κ2) is 9.61. The molecule has 1 aromatic rings. The van der Waals surface area contributed by atoms with Crippen LogP contribution in [0.15, 0.2) is 10.9 Å². The van der Waals surface area contributed by atoms with Crippen LogP contribution < -0.4 is 5.43 Å². The van der Waals surface area contributed by atoms with Crippen LogP contribution in [0.3, 0.4) is 0 Å². The molecule has 0 amide bonds. The summed E-state index contributed by atoms with van der Waals surface area (Å²) in [4.78, 5) is 13.7. The Morgan fingerprint density at radius 1 is 1.27 bits per heavy atom. The fourth-order valence-corrected chi connectivity index (χ4v) is 2.28. The van der Waals surface area contributed by atoms with Crippen molar-refractivity contribution in [3.8, 4) is 5.75 Å². The van der Waals surface area contributed by atoms with E-state index in [9.17, 15) is 15.0 Å². The lowest BCUT2D eigenvalue weighted by Crippen LogP contribution is -2.23. The van der Waals surface area contributed by atoms with E-state index < -0.39 is 5.43 Å². The summed E-state index contributed by atoms with van der Waals surface area (Å²) >= 11 is 0. The lowest BCUT2D eigenvalue weighted by atomic mass is 10.2. The molecule has 0 aliphatic rings. The molecular weight excluding hydrogens is 284 g/mol. The molecule has 0 unspecified atom stereocenters. The van der Waals surface area contributed by atoms with Crippen molar-refractivity contribution >= 4 is 0 Å². The summed E-state index contributed by atoms with van der Waals surface area (Å²) in [6.07, 6.45) is 2.92. The summed E-state index contributed by atoms with van der Waals surface area (Å²) in [5, 5.41) is 19.5. The van der Waals surface area contributed by atoms with Gasteiger partial charge >= 0.3 is 0 Å². The van der Waals surface area contributed by atoms with Crippen molar-refractivity contribution in [2.45, 2.75) is 45.9 Å². The zero-order chi connectivity index (χ0) is 16.5. The number of pyridine rings is 1. The van der Waals surface area contributed by atoms with Gasteiger partial charge in [-0.3, -0.25) is 4.79 Å². The van der Waals surface area contributed by atoms with Crippen LogP contribution in [0.25, 0.3) is 0 Å². The van der Waals surface area contributed by atoms with E-state index in [0.717, 1.165) is 25.9 Å². The summed E-state index contributed by atoms with van der Waals surface area (Å²) in [6.45, 7) is 4.30. The zero-order valence-electron chi connectivity index (χ0n) is 13.8. The third kappa shape index (κ3) is 5.44. The van der Waals surface area contributed by atoms with Gasteiger partial charge in [0.15, 0.2) is 5.75 Å². The summed E-state index contributed by atoms with van der Waals surface area (Å²) in [5.41, 5.74) is 0.611. The van der Waals surface area contributed by atoms with Gasteiger partial charge in [-0.15, -0.1) is 0 Å². The highest BCUT2D eigenvalue weighted by molar-refractivity contribution is 5.30. The first-order chi connectivity index (χ1) is 10.5. The number of aromatic nitrogens is 1. The second-order valence-corrected chi connectivity index (χ2v) is 5.66. The Morgan fingerprint density at radius 3 is 2.55 bits per heavy atom. The predicted molar refractivity (Wildman–Crippen MR) is 86.0 cm³/mol. The fraction of sp³-hybridized carbons (Fsp3) is 0.688. The average Bonchev–Trinajstić information content (AvgIpc) is 2.48. The number of aliphatic hydroxyl groups is 1. The summed E-state index contributed by atoms with van der Waals surface area (Å²) < 4.78 is 7.35. The number of hydrogen-bond donors (Lipinski definition) is 2. The minimum atomic E-state index is -0.448. The van der Waals surface area contributed by atoms with Gasteiger partial charge in [0.25, 0.3) is 0 Å². The van der Waals surface area contributed by atoms with Gasteiger partial charge in [-0.2, -0.15) is 0 Å². The number of ether oxygens (including phenoxy) is 1. The molecule has 0 aliphatic carbocycles. The molecule has 0 radical (unpaired) electrons. The first-order valence-electron chi connectivity index (χ1n) is 7.79. The molecule has 6 heteroatoms. The first kappa shape index (κ1) is 18.7. The Labute approximate surface area is 131 Å². The van der Waals surface area contributed by atoms with Gasteiger partial charge in [-0.05, 0) is 26.9 Å². The Hall–Kier alpha value is -1.37. The molecule has 0 saturated heterocycles. The third-order valence-electron chi connectivity index (χ3n) is 3.42. The van der Waals surface area contributed by atoms with Crippen molar-refractivity contribution in [2.75, 3.05) is 27.3 Å². The molecule has 0 aliphatic heterocycles. The first-order valence-corrected chi connectivity index (χ1v) is 7.79. The van der Waals surface area contributed by atoms with Gasteiger partial charge in [0.2, 0.25) is 5.43 Å². The molecular formula is C16H28N2O4. The van der Waals surface area contributed by atoms with Crippen LogP contribution in [0, 0.1) is 0 Å².